The number of hydrogen-bond donors (Lipinski definition) is 2. The summed E-state index contributed by atoms with van der Waals surface area (Å²) < 4.78 is 13.6. The zero-order valence-corrected chi connectivity index (χ0v) is 10.6. The Morgan fingerprint density at radius 2 is 2.27 bits per heavy atom. The van der Waals surface area contributed by atoms with Crippen molar-refractivity contribution in [2.75, 3.05) is 17.7 Å². The van der Waals surface area contributed by atoms with Crippen LogP contribution in [0.15, 0.2) is 16.6 Å². The Morgan fingerprint density at radius 3 is 2.80 bits per heavy atom. The summed E-state index contributed by atoms with van der Waals surface area (Å²) in [5.74, 6) is -0.0904. The van der Waals surface area contributed by atoms with Crippen molar-refractivity contribution in [1.82, 2.24) is 0 Å². The van der Waals surface area contributed by atoms with E-state index in [4.69, 9.17) is 11.6 Å². The Kier molecular flexibility index (Phi) is 4.83. The molecule has 0 aromatic heterocycles. The second-order valence-electron chi connectivity index (χ2n) is 3.28. The normalized spacial score (nSPS) is 12.6. The second-order valence-corrected chi connectivity index (χ2v) is 4.44. The molecule has 0 saturated carbocycles. The smallest absolute Gasteiger partial charge is 0.140 e. The summed E-state index contributed by atoms with van der Waals surface area (Å²) >= 11 is 8.56. The molecule has 0 radical (unpaired) electrons. The number of hydrogen-bond acceptors (Lipinski definition) is 2. The standard InChI is InChI=1S/C10H12BrClFNO/c1-6-2-7(3-9(11)10(6)13)14-5-8(15)4-12/h2-3,8,14-15H,4-5H2,1H3. The molecule has 2 N–H and O–H groups in total. The van der Waals surface area contributed by atoms with E-state index in [1.54, 1.807) is 19.1 Å². The van der Waals surface area contributed by atoms with Gasteiger partial charge < -0.3 is 10.4 Å². The van der Waals surface area contributed by atoms with Crippen LogP contribution in [0, 0.1) is 12.7 Å². The highest BCUT2D eigenvalue weighted by Crippen LogP contribution is 2.23. The predicted octanol–water partition coefficient (Wildman–Crippen LogP) is 2.91. The number of aliphatic hydroxyl groups is 1. The number of anilines is 1. The maximum absolute atomic E-state index is 13.2. The van der Waals surface area contributed by atoms with E-state index in [0.29, 0.717) is 16.6 Å². The summed E-state index contributed by atoms with van der Waals surface area (Å²) in [4.78, 5) is 0. The lowest BCUT2D eigenvalue weighted by Crippen LogP contribution is -2.20. The average Bonchev–Trinajstić information content (AvgIpc) is 2.22. The lowest BCUT2D eigenvalue weighted by atomic mass is 10.2. The van der Waals surface area contributed by atoms with Crippen LogP contribution < -0.4 is 5.32 Å². The van der Waals surface area contributed by atoms with E-state index in [2.05, 4.69) is 21.2 Å². The minimum atomic E-state index is -0.601. The molecule has 15 heavy (non-hydrogen) atoms. The highest BCUT2D eigenvalue weighted by atomic mass is 79.9. The number of halogens is 3. The summed E-state index contributed by atoms with van der Waals surface area (Å²) in [7, 11) is 0. The SMILES string of the molecule is Cc1cc(NCC(O)CCl)cc(Br)c1F. The zero-order valence-electron chi connectivity index (χ0n) is 8.23. The second kappa shape index (κ2) is 5.68. The van der Waals surface area contributed by atoms with Gasteiger partial charge in [0.05, 0.1) is 16.5 Å². The van der Waals surface area contributed by atoms with Gasteiger partial charge in [-0.05, 0) is 40.5 Å². The van der Waals surface area contributed by atoms with E-state index in [1.165, 1.54) is 0 Å². The van der Waals surface area contributed by atoms with Crippen molar-refractivity contribution in [3.63, 3.8) is 0 Å². The van der Waals surface area contributed by atoms with E-state index >= 15 is 0 Å². The van der Waals surface area contributed by atoms with Gasteiger partial charge in [0, 0.05) is 12.2 Å². The van der Waals surface area contributed by atoms with Crippen LogP contribution in [0.25, 0.3) is 0 Å². The molecule has 1 unspecified atom stereocenters. The van der Waals surface area contributed by atoms with Crippen LogP contribution in [0.1, 0.15) is 5.56 Å². The molecule has 0 fully saturated rings. The minimum Gasteiger partial charge on any atom is -0.390 e. The van der Waals surface area contributed by atoms with Crippen molar-refractivity contribution in [2.24, 2.45) is 0 Å². The van der Waals surface area contributed by atoms with E-state index in [-0.39, 0.29) is 11.7 Å². The van der Waals surface area contributed by atoms with Crippen LogP contribution in [-0.2, 0) is 0 Å². The van der Waals surface area contributed by atoms with Crippen molar-refractivity contribution in [3.05, 3.63) is 28.0 Å². The fraction of sp³-hybridized carbons (Fsp3) is 0.400. The minimum absolute atomic E-state index is 0.175. The molecule has 1 aromatic rings. The van der Waals surface area contributed by atoms with Crippen LogP contribution >= 0.6 is 27.5 Å². The van der Waals surface area contributed by atoms with Crippen molar-refractivity contribution in [2.45, 2.75) is 13.0 Å². The number of rotatable bonds is 4. The Labute approximate surface area is 102 Å². The molecule has 84 valence electrons. The monoisotopic (exact) mass is 295 g/mol. The van der Waals surface area contributed by atoms with Gasteiger partial charge >= 0.3 is 0 Å². The third kappa shape index (κ3) is 3.63. The van der Waals surface area contributed by atoms with Crippen LogP contribution in [0.4, 0.5) is 10.1 Å². The van der Waals surface area contributed by atoms with Gasteiger partial charge in [0.1, 0.15) is 5.82 Å². The van der Waals surface area contributed by atoms with Crippen molar-refractivity contribution >= 4 is 33.2 Å². The summed E-state index contributed by atoms with van der Waals surface area (Å²) in [5, 5.41) is 12.2. The quantitative estimate of drug-likeness (QED) is 0.837. The predicted molar refractivity (Wildman–Crippen MR) is 64.1 cm³/mol. The summed E-state index contributed by atoms with van der Waals surface area (Å²) in [5.41, 5.74) is 1.30. The average molecular weight is 297 g/mol. The zero-order chi connectivity index (χ0) is 11.4. The Balaban J connectivity index is 2.70. The molecule has 2 nitrogen and oxygen atoms in total. The van der Waals surface area contributed by atoms with E-state index < -0.39 is 6.10 Å². The lowest BCUT2D eigenvalue weighted by molar-refractivity contribution is 0.211. The van der Waals surface area contributed by atoms with Crippen molar-refractivity contribution in [3.8, 4) is 0 Å². The topological polar surface area (TPSA) is 32.3 Å². The first-order valence-corrected chi connectivity index (χ1v) is 5.81. The first kappa shape index (κ1) is 12.7. The fourth-order valence-electron chi connectivity index (χ4n) is 1.12. The lowest BCUT2D eigenvalue weighted by Gasteiger charge is -2.11. The first-order valence-electron chi connectivity index (χ1n) is 4.48. The van der Waals surface area contributed by atoms with Crippen LogP contribution in [0.3, 0.4) is 0 Å². The Bertz CT molecular complexity index is 325. The summed E-state index contributed by atoms with van der Waals surface area (Å²) in [6, 6.07) is 3.31. The van der Waals surface area contributed by atoms with Gasteiger partial charge in [-0.15, -0.1) is 11.6 Å². The van der Waals surface area contributed by atoms with Crippen LogP contribution in [-0.4, -0.2) is 23.6 Å². The molecule has 0 spiro atoms. The van der Waals surface area contributed by atoms with Crippen molar-refractivity contribution in [1.29, 1.82) is 0 Å². The van der Waals surface area contributed by atoms with Crippen molar-refractivity contribution < 1.29 is 9.50 Å². The fourth-order valence-corrected chi connectivity index (χ4v) is 1.79. The molecule has 0 aliphatic heterocycles. The molecule has 1 atom stereocenters. The van der Waals surface area contributed by atoms with Crippen LogP contribution in [0.2, 0.25) is 0 Å². The number of benzene rings is 1. The third-order valence-electron chi connectivity index (χ3n) is 1.93. The summed E-state index contributed by atoms with van der Waals surface area (Å²) in [6.07, 6.45) is -0.601. The highest BCUT2D eigenvalue weighted by Gasteiger charge is 2.06. The Morgan fingerprint density at radius 1 is 1.60 bits per heavy atom. The number of nitrogens with one attached hydrogen (secondary N) is 1. The van der Waals surface area contributed by atoms with Gasteiger partial charge in [-0.1, -0.05) is 0 Å². The molecular weight excluding hydrogens is 284 g/mol. The molecule has 0 saturated heterocycles. The number of alkyl halides is 1. The van der Waals surface area contributed by atoms with Gasteiger partial charge in [0.15, 0.2) is 0 Å². The first-order chi connectivity index (χ1) is 7.04. The van der Waals surface area contributed by atoms with Gasteiger partial charge in [0.25, 0.3) is 0 Å². The molecule has 0 aliphatic carbocycles. The molecule has 1 rings (SSSR count). The van der Waals surface area contributed by atoms with Gasteiger partial charge in [-0.2, -0.15) is 0 Å². The van der Waals surface area contributed by atoms with E-state index in [9.17, 15) is 9.50 Å². The molecule has 1 aromatic carbocycles. The van der Waals surface area contributed by atoms with E-state index in [1.807, 2.05) is 0 Å². The number of aryl methyl sites for hydroxylation is 1. The van der Waals surface area contributed by atoms with Gasteiger partial charge in [-0.3, -0.25) is 0 Å². The molecule has 0 aliphatic rings. The molecule has 0 amide bonds. The molecule has 0 bridgehead atoms. The van der Waals surface area contributed by atoms with Gasteiger partial charge in [-0.25, -0.2) is 4.39 Å². The Hall–Kier alpha value is -0.320. The largest absolute Gasteiger partial charge is 0.390 e. The van der Waals surface area contributed by atoms with Crippen LogP contribution in [0.5, 0.6) is 0 Å². The number of aliphatic hydroxyl groups excluding tert-OH is 1. The maximum atomic E-state index is 13.2. The molecular formula is C10H12BrClFNO. The van der Waals surface area contributed by atoms with E-state index in [0.717, 1.165) is 5.69 Å². The maximum Gasteiger partial charge on any atom is 0.140 e. The highest BCUT2D eigenvalue weighted by molar-refractivity contribution is 9.10. The third-order valence-corrected chi connectivity index (χ3v) is 2.86. The molecule has 5 heteroatoms. The summed E-state index contributed by atoms with van der Waals surface area (Å²) in [6.45, 7) is 2.03. The van der Waals surface area contributed by atoms with Gasteiger partial charge in [0.2, 0.25) is 0 Å². The molecule has 0 heterocycles.